The molecule has 5 atom stereocenters. The van der Waals surface area contributed by atoms with Crippen LogP contribution in [-0.4, -0.2) is 93.0 Å². The zero-order valence-corrected chi connectivity index (χ0v) is 32.5. The Morgan fingerprint density at radius 3 is 2.31 bits per heavy atom. The van der Waals surface area contributed by atoms with Crippen LogP contribution in [0.4, 0.5) is 0 Å². The fourth-order valence-electron chi connectivity index (χ4n) is 7.29. The molecule has 0 bridgehead atoms. The number of carbonyl (C=O) groups is 6. The maximum atomic E-state index is 14.7. The number of nitrogens with one attached hydrogen (secondary N) is 4. The number of halogens is 1. The Hall–Kier alpha value is -4.33. The number of allylic oxidation sites excluding steroid dienone is 4. The molecule has 1 aromatic rings. The molecule has 14 nitrogen and oxygen atoms in total. The summed E-state index contributed by atoms with van der Waals surface area (Å²) in [6, 6.07) is -4.20. The average Bonchev–Trinajstić information content (AvgIpc) is 3.88. The number of hydrogen-bond acceptors (Lipinski definition) is 9. The normalized spacial score (nSPS) is 22.1. The van der Waals surface area contributed by atoms with Gasteiger partial charge in [0.15, 0.2) is 0 Å². The Morgan fingerprint density at radius 2 is 1.70 bits per heavy atom. The lowest BCUT2D eigenvalue weighted by Gasteiger charge is -2.37. The minimum absolute atomic E-state index is 0.0262. The van der Waals surface area contributed by atoms with Crippen molar-refractivity contribution in [1.29, 1.82) is 0 Å². The molecule has 1 aromatic heterocycles. The number of ketones is 1. The van der Waals surface area contributed by atoms with E-state index in [1.807, 2.05) is 27.7 Å². The number of amides is 5. The van der Waals surface area contributed by atoms with Gasteiger partial charge < -0.3 is 30.9 Å². The Labute approximate surface area is 322 Å². The predicted molar refractivity (Wildman–Crippen MR) is 201 cm³/mol. The van der Waals surface area contributed by atoms with E-state index in [-0.39, 0.29) is 37.0 Å². The van der Waals surface area contributed by atoms with Crippen LogP contribution in [0.5, 0.6) is 0 Å². The molecule has 2 saturated carbocycles. The van der Waals surface area contributed by atoms with Crippen molar-refractivity contribution in [2.75, 3.05) is 6.54 Å². The lowest BCUT2D eigenvalue weighted by atomic mass is 9.82. The summed E-state index contributed by atoms with van der Waals surface area (Å²) >= 11 is 6.17. The Morgan fingerprint density at radius 1 is 0.963 bits per heavy atom. The van der Waals surface area contributed by atoms with Gasteiger partial charge in [0, 0.05) is 36.3 Å². The lowest BCUT2D eigenvalue weighted by Crippen LogP contribution is -2.62. The predicted octanol–water partition coefficient (Wildman–Crippen LogP) is 3.61. The van der Waals surface area contributed by atoms with E-state index in [1.165, 1.54) is 23.5 Å². The van der Waals surface area contributed by atoms with Gasteiger partial charge >= 0.3 is 0 Å². The summed E-state index contributed by atoms with van der Waals surface area (Å²) in [5.74, 6) is -3.09. The molecular weight excluding hydrogens is 714 g/mol. The first-order chi connectivity index (χ1) is 25.7. The second kappa shape index (κ2) is 18.3. The first-order valence-electron chi connectivity index (χ1n) is 19.3. The molecule has 1 aliphatic heterocycles. The van der Waals surface area contributed by atoms with E-state index < -0.39 is 71.0 Å². The summed E-state index contributed by atoms with van der Waals surface area (Å²) < 4.78 is 6.31. The number of nitrogens with zero attached hydrogens (tertiary/aromatic N) is 3. The highest BCUT2D eigenvalue weighted by Crippen LogP contribution is 2.32. The molecule has 15 heteroatoms. The van der Waals surface area contributed by atoms with Gasteiger partial charge in [-0.15, -0.1) is 0 Å². The third-order valence-corrected chi connectivity index (χ3v) is 10.8. The third-order valence-electron chi connectivity index (χ3n) is 10.5. The summed E-state index contributed by atoms with van der Waals surface area (Å²) in [5, 5.41) is 12.0. The van der Waals surface area contributed by atoms with Gasteiger partial charge in [0.25, 0.3) is 11.8 Å². The third kappa shape index (κ3) is 10.9. The summed E-state index contributed by atoms with van der Waals surface area (Å²) in [6.07, 6.45) is 15.1. The quantitative estimate of drug-likeness (QED) is 0.193. The molecule has 5 rings (SSSR count). The van der Waals surface area contributed by atoms with Crippen molar-refractivity contribution >= 4 is 46.9 Å². The maximum absolute atomic E-state index is 14.7. The van der Waals surface area contributed by atoms with E-state index in [1.54, 1.807) is 12.2 Å². The van der Waals surface area contributed by atoms with Gasteiger partial charge in [0.1, 0.15) is 29.9 Å². The molecule has 2 heterocycles. The highest BCUT2D eigenvalue weighted by molar-refractivity contribution is 6.38. The van der Waals surface area contributed by atoms with Crippen molar-refractivity contribution < 1.29 is 33.5 Å². The van der Waals surface area contributed by atoms with Crippen LogP contribution >= 0.6 is 11.6 Å². The first kappa shape index (κ1) is 40.8. The molecular formula is C39H54ClN7O7. The molecule has 4 N–H and O–H groups in total. The van der Waals surface area contributed by atoms with E-state index in [4.69, 9.17) is 16.3 Å². The van der Waals surface area contributed by atoms with Crippen LogP contribution in [0.3, 0.4) is 0 Å². The van der Waals surface area contributed by atoms with E-state index in [0.29, 0.717) is 30.1 Å². The van der Waals surface area contributed by atoms with Crippen molar-refractivity contribution in [2.45, 2.75) is 141 Å². The van der Waals surface area contributed by atoms with E-state index >= 15 is 0 Å². The molecule has 0 aromatic carbocycles. The van der Waals surface area contributed by atoms with E-state index in [9.17, 15) is 28.8 Å². The zero-order valence-electron chi connectivity index (χ0n) is 31.7. The van der Waals surface area contributed by atoms with Crippen LogP contribution in [0.15, 0.2) is 41.5 Å². The molecule has 3 fully saturated rings. The van der Waals surface area contributed by atoms with Crippen LogP contribution in [0.25, 0.3) is 0 Å². The molecule has 0 unspecified atom stereocenters. The van der Waals surface area contributed by atoms with Gasteiger partial charge in [0.05, 0.1) is 24.5 Å². The molecule has 294 valence electrons. The van der Waals surface area contributed by atoms with Crippen molar-refractivity contribution in [1.82, 2.24) is 36.1 Å². The molecule has 5 amide bonds. The highest BCUT2D eigenvalue weighted by Gasteiger charge is 2.47. The topological polar surface area (TPSA) is 189 Å². The summed E-state index contributed by atoms with van der Waals surface area (Å²) in [7, 11) is 0. The molecule has 4 aliphatic rings. The van der Waals surface area contributed by atoms with E-state index in [2.05, 4.69) is 31.2 Å². The number of hydrogen-bond donors (Lipinski definition) is 4. The summed E-state index contributed by atoms with van der Waals surface area (Å²) in [5.41, 5.74) is -0.754. The average molecular weight is 768 g/mol. The number of aromatic nitrogens is 2. The number of Topliss-reactive ketones (excluding diaryl/α,β-unsaturated/α-hetero) is 1. The minimum atomic E-state index is -1.11. The van der Waals surface area contributed by atoms with Crippen molar-refractivity contribution in [3.63, 3.8) is 0 Å². The van der Waals surface area contributed by atoms with Gasteiger partial charge in [-0.1, -0.05) is 65.0 Å². The number of ether oxygens (including phenoxy) is 1. The lowest BCUT2D eigenvalue weighted by molar-refractivity contribution is -0.145. The van der Waals surface area contributed by atoms with Crippen molar-refractivity contribution in [2.24, 2.45) is 11.3 Å². The smallest absolute Gasteiger partial charge is 0.289 e. The maximum Gasteiger partial charge on any atom is 0.289 e. The van der Waals surface area contributed by atoms with Crippen LogP contribution in [-0.2, 0) is 28.7 Å². The Bertz CT molecular complexity index is 1620. The molecule has 0 radical (unpaired) electrons. The van der Waals surface area contributed by atoms with Crippen LogP contribution < -0.4 is 21.3 Å². The fourth-order valence-corrected chi connectivity index (χ4v) is 7.45. The van der Waals surface area contributed by atoms with Crippen LogP contribution in [0, 0.1) is 11.3 Å². The largest absolute Gasteiger partial charge is 0.493 e. The van der Waals surface area contributed by atoms with Crippen LogP contribution in [0.2, 0.25) is 0 Å². The standard InChI is InChI=1S/C39H54ClN7O7/c1-5-9-28(32(48)37(52)43-25-14-15-25)44-35(50)30-20-27(54-26-16-12-24(40)13-17-26)22-47(30)38(53)33(39(2,3)4)46-36(51)31(23-10-7-6-8-11-23)45-34(49)29-21-41-18-19-42-29/h12,16,18-19,21,23,25,27-28,30-31,33H,5-11,13-15,17,20,22H2,1-4H3,(H,43,52)(H,44,50)(H,45,49)(H,46,51)/t27-,28+,30+,31+,33-/m1/s1. The van der Waals surface area contributed by atoms with Gasteiger partial charge in [-0.3, -0.25) is 33.8 Å². The molecule has 3 aliphatic carbocycles. The molecule has 0 spiro atoms. The summed E-state index contributed by atoms with van der Waals surface area (Å²) in [6.45, 7) is 7.35. The van der Waals surface area contributed by atoms with E-state index in [0.717, 1.165) is 44.9 Å². The van der Waals surface area contributed by atoms with Gasteiger partial charge in [-0.05, 0) is 62.0 Å². The van der Waals surface area contributed by atoms with Crippen molar-refractivity contribution in [3.05, 3.63) is 47.2 Å². The molecule has 1 saturated heterocycles. The SMILES string of the molecule is CCC[C@H](NC(=O)[C@@H]1C[C@@H](OC2=CC=C(Cl)CC2)CN1C(=O)[C@@H](NC(=O)[C@@H](NC(=O)c1cnccn1)C1CCCCC1)C(C)(C)C)C(=O)C(=O)NC1CC1. The fraction of sp³-hybridized carbons (Fsp3) is 0.641. The number of rotatable bonds is 15. The van der Waals surface area contributed by atoms with Gasteiger partial charge in [-0.25, -0.2) is 4.98 Å². The monoisotopic (exact) mass is 767 g/mol. The zero-order chi connectivity index (χ0) is 39.0. The second-order valence-corrected chi connectivity index (χ2v) is 16.4. The molecule has 54 heavy (non-hydrogen) atoms. The van der Waals surface area contributed by atoms with Crippen LogP contribution in [0.1, 0.15) is 115 Å². The second-order valence-electron chi connectivity index (χ2n) is 15.9. The Balaban J connectivity index is 1.39. The number of carbonyl (C=O) groups excluding carboxylic acids is 6. The number of likely N-dealkylation sites (tertiary alicyclic amines) is 1. The summed E-state index contributed by atoms with van der Waals surface area (Å²) in [4.78, 5) is 91.8. The van der Waals surface area contributed by atoms with Gasteiger partial charge in [0.2, 0.25) is 23.5 Å². The minimum Gasteiger partial charge on any atom is -0.493 e. The van der Waals surface area contributed by atoms with Gasteiger partial charge in [-0.2, -0.15) is 0 Å². The van der Waals surface area contributed by atoms with Crippen molar-refractivity contribution in [3.8, 4) is 0 Å². The first-order valence-corrected chi connectivity index (χ1v) is 19.7. The Kier molecular flexibility index (Phi) is 13.9. The highest BCUT2D eigenvalue weighted by atomic mass is 35.5.